The van der Waals surface area contributed by atoms with Gasteiger partial charge in [-0.1, -0.05) is 17.6 Å². The molecule has 1 atom stereocenters. The average molecular weight is 388 g/mol. The molecule has 1 aliphatic heterocycles. The SMILES string of the molecule is N/C(=N\OCC(CN1CCCCC1)OC(=O)c1cccs1)c1cccnc1. The minimum Gasteiger partial charge on any atom is -0.453 e. The Morgan fingerprint density at radius 3 is 2.85 bits per heavy atom. The standard InChI is InChI=1S/C19H24N4O3S/c20-18(15-6-4-8-21-12-15)22-25-14-16(13-23-9-2-1-3-10-23)26-19(24)17-7-5-11-27-17/h4-8,11-12,16H,1-3,9-10,13-14H2,(H2,20,22). The number of aromatic nitrogens is 1. The van der Waals surface area contributed by atoms with E-state index >= 15 is 0 Å². The molecule has 144 valence electrons. The fourth-order valence-electron chi connectivity index (χ4n) is 2.92. The molecule has 1 saturated heterocycles. The molecule has 3 rings (SSSR count). The molecule has 0 spiro atoms. The molecule has 1 aliphatic rings. The van der Waals surface area contributed by atoms with Crippen LogP contribution in [0.2, 0.25) is 0 Å². The third-order valence-corrected chi connectivity index (χ3v) is 5.14. The summed E-state index contributed by atoms with van der Waals surface area (Å²) < 4.78 is 5.67. The summed E-state index contributed by atoms with van der Waals surface area (Å²) in [5, 5.41) is 5.80. The van der Waals surface area contributed by atoms with Crippen molar-refractivity contribution in [3.63, 3.8) is 0 Å². The first-order chi connectivity index (χ1) is 13.2. The number of oxime groups is 1. The van der Waals surface area contributed by atoms with Crippen LogP contribution in [-0.4, -0.2) is 54.0 Å². The maximum absolute atomic E-state index is 12.3. The number of piperidine rings is 1. The second-order valence-electron chi connectivity index (χ2n) is 6.38. The Hall–Kier alpha value is -2.45. The number of hydrogen-bond acceptors (Lipinski definition) is 7. The number of hydrogen-bond donors (Lipinski definition) is 1. The summed E-state index contributed by atoms with van der Waals surface area (Å²) in [5.74, 6) is -0.0933. The first-order valence-electron chi connectivity index (χ1n) is 9.05. The summed E-state index contributed by atoms with van der Waals surface area (Å²) >= 11 is 1.36. The fraction of sp³-hybridized carbons (Fsp3) is 0.421. The summed E-state index contributed by atoms with van der Waals surface area (Å²) in [6, 6.07) is 7.16. The summed E-state index contributed by atoms with van der Waals surface area (Å²) in [7, 11) is 0. The van der Waals surface area contributed by atoms with E-state index in [0.29, 0.717) is 17.0 Å². The minimum absolute atomic E-state index is 0.147. The number of thiophene rings is 1. The van der Waals surface area contributed by atoms with E-state index < -0.39 is 6.10 Å². The molecule has 2 N–H and O–H groups in total. The van der Waals surface area contributed by atoms with Crippen molar-refractivity contribution in [2.75, 3.05) is 26.2 Å². The van der Waals surface area contributed by atoms with Crippen molar-refractivity contribution in [2.45, 2.75) is 25.4 Å². The van der Waals surface area contributed by atoms with E-state index in [9.17, 15) is 4.79 Å². The van der Waals surface area contributed by atoms with Crippen LogP contribution in [0.15, 0.2) is 47.2 Å². The zero-order valence-corrected chi connectivity index (χ0v) is 15.9. The van der Waals surface area contributed by atoms with Gasteiger partial charge >= 0.3 is 5.97 Å². The van der Waals surface area contributed by atoms with E-state index in [0.717, 1.165) is 13.1 Å². The topological polar surface area (TPSA) is 90.0 Å². The fourth-order valence-corrected chi connectivity index (χ4v) is 3.52. The van der Waals surface area contributed by atoms with Crippen molar-refractivity contribution < 1.29 is 14.4 Å². The molecule has 1 unspecified atom stereocenters. The maximum atomic E-state index is 12.3. The van der Waals surface area contributed by atoms with E-state index in [1.807, 2.05) is 11.4 Å². The van der Waals surface area contributed by atoms with Crippen LogP contribution in [0.1, 0.15) is 34.5 Å². The molecule has 7 nitrogen and oxygen atoms in total. The Bertz CT molecular complexity index is 731. The lowest BCUT2D eigenvalue weighted by Crippen LogP contribution is -2.40. The zero-order chi connectivity index (χ0) is 18.9. The number of carbonyl (C=O) groups is 1. The van der Waals surface area contributed by atoms with Gasteiger partial charge < -0.3 is 15.3 Å². The van der Waals surface area contributed by atoms with Gasteiger partial charge in [0.25, 0.3) is 0 Å². The van der Waals surface area contributed by atoms with Gasteiger partial charge in [0.15, 0.2) is 18.5 Å². The molecule has 2 aromatic heterocycles. The molecule has 3 heterocycles. The van der Waals surface area contributed by atoms with Gasteiger partial charge in [-0.05, 0) is 49.5 Å². The molecule has 0 saturated carbocycles. The number of nitrogens with zero attached hydrogens (tertiary/aromatic N) is 3. The molecule has 27 heavy (non-hydrogen) atoms. The van der Waals surface area contributed by atoms with Crippen LogP contribution in [0, 0.1) is 0 Å². The summed E-state index contributed by atoms with van der Waals surface area (Å²) in [6.07, 6.45) is 6.44. The van der Waals surface area contributed by atoms with Crippen molar-refractivity contribution in [1.82, 2.24) is 9.88 Å². The molecule has 2 aromatic rings. The van der Waals surface area contributed by atoms with Gasteiger partial charge in [0, 0.05) is 24.5 Å². The van der Waals surface area contributed by atoms with Crippen molar-refractivity contribution in [1.29, 1.82) is 0 Å². The number of amidine groups is 1. The molecule has 8 heteroatoms. The molecule has 0 bridgehead atoms. The Labute approximate surface area is 162 Å². The predicted molar refractivity (Wildman–Crippen MR) is 105 cm³/mol. The van der Waals surface area contributed by atoms with Crippen LogP contribution >= 0.6 is 11.3 Å². The number of pyridine rings is 1. The quantitative estimate of drug-likeness (QED) is 0.323. The molecule has 0 radical (unpaired) electrons. The third kappa shape index (κ3) is 6.04. The average Bonchev–Trinajstić information content (AvgIpc) is 3.24. The summed E-state index contributed by atoms with van der Waals surface area (Å²) in [5.41, 5.74) is 6.59. The number of ether oxygens (including phenoxy) is 1. The third-order valence-electron chi connectivity index (χ3n) is 4.29. The highest BCUT2D eigenvalue weighted by molar-refractivity contribution is 7.11. The Balaban J connectivity index is 1.59. The van der Waals surface area contributed by atoms with E-state index in [-0.39, 0.29) is 18.4 Å². The normalized spacial score (nSPS) is 16.7. The number of nitrogens with two attached hydrogens (primary N) is 1. The molecule has 1 fully saturated rings. The van der Waals surface area contributed by atoms with Gasteiger partial charge in [0.1, 0.15) is 4.88 Å². The lowest BCUT2D eigenvalue weighted by atomic mass is 10.1. The van der Waals surface area contributed by atoms with Crippen LogP contribution in [0.3, 0.4) is 0 Å². The molecular weight excluding hydrogens is 364 g/mol. The van der Waals surface area contributed by atoms with Gasteiger partial charge in [-0.3, -0.25) is 9.88 Å². The highest BCUT2D eigenvalue weighted by atomic mass is 32.1. The van der Waals surface area contributed by atoms with E-state index in [4.69, 9.17) is 15.3 Å². The molecular formula is C19H24N4O3S. The van der Waals surface area contributed by atoms with Crippen molar-refractivity contribution in [2.24, 2.45) is 10.9 Å². The monoisotopic (exact) mass is 388 g/mol. The van der Waals surface area contributed by atoms with Gasteiger partial charge in [0.2, 0.25) is 0 Å². The largest absolute Gasteiger partial charge is 0.453 e. The summed E-state index contributed by atoms with van der Waals surface area (Å²) in [6.45, 7) is 2.79. The Kier molecular flexibility index (Phi) is 7.18. The number of likely N-dealkylation sites (tertiary alicyclic amines) is 1. The van der Waals surface area contributed by atoms with E-state index in [1.165, 1.54) is 30.6 Å². The van der Waals surface area contributed by atoms with Crippen molar-refractivity contribution in [3.8, 4) is 0 Å². The van der Waals surface area contributed by atoms with Crippen LogP contribution in [0.25, 0.3) is 0 Å². The second kappa shape index (κ2) is 10.0. The zero-order valence-electron chi connectivity index (χ0n) is 15.1. The number of rotatable bonds is 8. The van der Waals surface area contributed by atoms with Gasteiger partial charge in [-0.2, -0.15) is 0 Å². The Morgan fingerprint density at radius 2 is 2.15 bits per heavy atom. The molecule has 0 aliphatic carbocycles. The highest BCUT2D eigenvalue weighted by Crippen LogP contribution is 2.14. The molecule has 0 amide bonds. The minimum atomic E-state index is -0.414. The van der Waals surface area contributed by atoms with Gasteiger partial charge in [-0.15, -0.1) is 11.3 Å². The van der Waals surface area contributed by atoms with Gasteiger partial charge in [0.05, 0.1) is 0 Å². The lowest BCUT2D eigenvalue weighted by molar-refractivity contribution is -0.0167. The number of esters is 1. The lowest BCUT2D eigenvalue weighted by Gasteiger charge is -2.29. The van der Waals surface area contributed by atoms with E-state index in [1.54, 1.807) is 30.6 Å². The Morgan fingerprint density at radius 1 is 1.30 bits per heavy atom. The van der Waals surface area contributed by atoms with Crippen molar-refractivity contribution in [3.05, 3.63) is 52.5 Å². The van der Waals surface area contributed by atoms with Crippen LogP contribution in [0.4, 0.5) is 0 Å². The van der Waals surface area contributed by atoms with Gasteiger partial charge in [-0.25, -0.2) is 4.79 Å². The van der Waals surface area contributed by atoms with Crippen LogP contribution in [-0.2, 0) is 9.57 Å². The maximum Gasteiger partial charge on any atom is 0.348 e. The number of carbonyl (C=O) groups excluding carboxylic acids is 1. The smallest absolute Gasteiger partial charge is 0.348 e. The molecule has 0 aromatic carbocycles. The first kappa shape index (κ1) is 19.3. The van der Waals surface area contributed by atoms with Crippen molar-refractivity contribution >= 4 is 23.1 Å². The predicted octanol–water partition coefficient (Wildman–Crippen LogP) is 2.49. The highest BCUT2D eigenvalue weighted by Gasteiger charge is 2.22. The second-order valence-corrected chi connectivity index (χ2v) is 7.33. The van der Waals surface area contributed by atoms with Crippen LogP contribution < -0.4 is 5.73 Å². The first-order valence-corrected chi connectivity index (χ1v) is 9.93. The summed E-state index contributed by atoms with van der Waals surface area (Å²) in [4.78, 5) is 24.6. The van der Waals surface area contributed by atoms with E-state index in [2.05, 4.69) is 15.0 Å². The van der Waals surface area contributed by atoms with Crippen LogP contribution in [0.5, 0.6) is 0 Å².